The van der Waals surface area contributed by atoms with Crippen molar-refractivity contribution in [2.75, 3.05) is 13.2 Å². The number of nitrogens with one attached hydrogen (secondary N) is 2. The van der Waals surface area contributed by atoms with Gasteiger partial charge >= 0.3 is 11.9 Å². The summed E-state index contributed by atoms with van der Waals surface area (Å²) in [5.41, 5.74) is 7.33. The molecule has 0 atom stereocenters. The first-order valence-corrected chi connectivity index (χ1v) is 13.8. The first kappa shape index (κ1) is 29.1. The molecule has 3 aromatic rings. The zero-order valence-electron chi connectivity index (χ0n) is 23.6. The average Bonchev–Trinajstić information content (AvgIpc) is 3.39. The van der Waals surface area contributed by atoms with Gasteiger partial charge in [0.05, 0.1) is 19.1 Å². The van der Waals surface area contributed by atoms with Crippen LogP contribution < -0.4 is 0 Å². The smallest absolute Gasteiger partial charge is 0.355 e. The largest absolute Gasteiger partial charge is 0.508 e. The highest BCUT2D eigenvalue weighted by atomic mass is 16.5. The topological polar surface area (TPSA) is 104 Å². The normalized spacial score (nSPS) is 11.2. The SMILES string of the molecule is CCCCc1c(C(=O)OCC)[nH]c(C(c2cccc(O)c2)c2[nH]c(C(=O)OCC)c(CCCC)c2C)c1C. The van der Waals surface area contributed by atoms with Crippen molar-refractivity contribution in [1.29, 1.82) is 0 Å². The molecular formula is C31H42N2O5. The predicted molar refractivity (Wildman–Crippen MR) is 149 cm³/mol. The van der Waals surface area contributed by atoms with Gasteiger partial charge in [0, 0.05) is 11.4 Å². The summed E-state index contributed by atoms with van der Waals surface area (Å²) in [5.74, 6) is -0.980. The second kappa shape index (κ2) is 13.4. The van der Waals surface area contributed by atoms with E-state index in [1.165, 1.54) is 0 Å². The first-order chi connectivity index (χ1) is 18.3. The van der Waals surface area contributed by atoms with Gasteiger partial charge in [0.2, 0.25) is 0 Å². The van der Waals surface area contributed by atoms with Crippen LogP contribution in [0, 0.1) is 13.8 Å². The highest BCUT2D eigenvalue weighted by Gasteiger charge is 2.31. The van der Waals surface area contributed by atoms with E-state index >= 15 is 0 Å². The molecule has 206 valence electrons. The van der Waals surface area contributed by atoms with E-state index in [0.717, 1.165) is 77.7 Å². The molecule has 2 heterocycles. The molecule has 0 aliphatic carbocycles. The van der Waals surface area contributed by atoms with E-state index in [4.69, 9.17) is 9.47 Å². The number of carbonyl (C=O) groups excluding carboxylic acids is 2. The van der Waals surface area contributed by atoms with Crippen molar-refractivity contribution in [3.63, 3.8) is 0 Å². The average molecular weight is 523 g/mol. The molecule has 7 nitrogen and oxygen atoms in total. The van der Waals surface area contributed by atoms with Crippen molar-refractivity contribution in [3.05, 3.63) is 74.9 Å². The van der Waals surface area contributed by atoms with Crippen molar-refractivity contribution in [2.45, 2.75) is 86.0 Å². The minimum atomic E-state index is -0.380. The number of hydrogen-bond donors (Lipinski definition) is 3. The number of H-pyrrole nitrogens is 2. The highest BCUT2D eigenvalue weighted by molar-refractivity contribution is 5.91. The summed E-state index contributed by atoms with van der Waals surface area (Å²) >= 11 is 0. The standard InChI is InChI=1S/C31H42N2O5/c1-7-11-16-23-19(5)26(32-28(23)30(35)37-9-3)25(21-14-13-15-22(34)18-21)27-20(6)24(17-12-8-2)29(33-27)31(36)38-10-4/h13-15,18,25,32-34H,7-12,16-17H2,1-6H3. The Bertz CT molecular complexity index is 1180. The Kier molecular flexibility index (Phi) is 10.2. The fraction of sp³-hybridized carbons (Fsp3) is 0.484. The minimum absolute atomic E-state index is 0.148. The third kappa shape index (κ3) is 6.14. The van der Waals surface area contributed by atoms with Crippen LogP contribution in [0.2, 0.25) is 0 Å². The second-order valence-electron chi connectivity index (χ2n) is 9.71. The molecule has 0 saturated carbocycles. The maximum atomic E-state index is 13.0. The van der Waals surface area contributed by atoms with Gasteiger partial charge in [0.25, 0.3) is 0 Å². The maximum Gasteiger partial charge on any atom is 0.355 e. The Morgan fingerprint density at radius 1 is 0.816 bits per heavy atom. The zero-order chi connectivity index (χ0) is 27.8. The maximum absolute atomic E-state index is 13.0. The van der Waals surface area contributed by atoms with Gasteiger partial charge in [-0.05, 0) is 93.3 Å². The number of aromatic nitrogens is 2. The Morgan fingerprint density at radius 3 is 1.68 bits per heavy atom. The molecule has 0 unspecified atom stereocenters. The van der Waals surface area contributed by atoms with Crippen molar-refractivity contribution < 1.29 is 24.2 Å². The number of rotatable bonds is 13. The summed E-state index contributed by atoms with van der Waals surface area (Å²) < 4.78 is 10.8. The lowest BCUT2D eigenvalue weighted by atomic mass is 9.87. The highest BCUT2D eigenvalue weighted by Crippen LogP contribution is 2.39. The van der Waals surface area contributed by atoms with Crippen LogP contribution in [-0.4, -0.2) is 40.2 Å². The van der Waals surface area contributed by atoms with E-state index in [2.05, 4.69) is 23.8 Å². The van der Waals surface area contributed by atoms with Crippen molar-refractivity contribution in [1.82, 2.24) is 9.97 Å². The van der Waals surface area contributed by atoms with Crippen molar-refractivity contribution >= 4 is 11.9 Å². The number of phenols is 1. The lowest BCUT2D eigenvalue weighted by Crippen LogP contribution is -2.10. The molecule has 0 aliphatic rings. The molecule has 2 aromatic heterocycles. The number of hydrogen-bond acceptors (Lipinski definition) is 5. The van der Waals surface area contributed by atoms with Crippen LogP contribution in [0.5, 0.6) is 5.75 Å². The van der Waals surface area contributed by atoms with Gasteiger partial charge in [-0.1, -0.05) is 38.8 Å². The van der Waals surface area contributed by atoms with E-state index in [1.807, 2.05) is 26.0 Å². The Labute approximate surface area is 226 Å². The number of esters is 2. The Morgan fingerprint density at radius 2 is 1.29 bits per heavy atom. The number of phenolic OH excluding ortho intramolecular Hbond substituents is 1. The number of benzene rings is 1. The first-order valence-electron chi connectivity index (χ1n) is 13.8. The molecule has 0 spiro atoms. The summed E-state index contributed by atoms with van der Waals surface area (Å²) in [5, 5.41) is 10.4. The molecule has 3 N–H and O–H groups in total. The second-order valence-corrected chi connectivity index (χ2v) is 9.71. The van der Waals surface area contributed by atoms with Gasteiger partial charge in [-0.15, -0.1) is 0 Å². The molecule has 7 heteroatoms. The monoisotopic (exact) mass is 522 g/mol. The zero-order valence-corrected chi connectivity index (χ0v) is 23.6. The Hall–Kier alpha value is -3.48. The van der Waals surface area contributed by atoms with Gasteiger partial charge in [-0.2, -0.15) is 0 Å². The van der Waals surface area contributed by atoms with Crippen LogP contribution >= 0.6 is 0 Å². The molecule has 0 fully saturated rings. The van der Waals surface area contributed by atoms with E-state index < -0.39 is 0 Å². The predicted octanol–water partition coefficient (Wildman–Crippen LogP) is 6.88. The third-order valence-corrected chi connectivity index (χ3v) is 7.14. The van der Waals surface area contributed by atoms with E-state index in [9.17, 15) is 14.7 Å². The molecule has 0 saturated heterocycles. The number of carbonyl (C=O) groups is 2. The van der Waals surface area contributed by atoms with Crippen LogP contribution in [0.25, 0.3) is 0 Å². The molecule has 0 radical (unpaired) electrons. The molecule has 1 aromatic carbocycles. The van der Waals surface area contributed by atoms with Gasteiger partial charge in [-0.3, -0.25) is 0 Å². The lowest BCUT2D eigenvalue weighted by Gasteiger charge is -2.19. The summed E-state index contributed by atoms with van der Waals surface area (Å²) in [4.78, 5) is 32.8. The molecule has 3 rings (SSSR count). The summed E-state index contributed by atoms with van der Waals surface area (Å²) in [6, 6.07) is 7.13. The summed E-state index contributed by atoms with van der Waals surface area (Å²) in [6.07, 6.45) is 5.38. The molecular weight excluding hydrogens is 480 g/mol. The van der Waals surface area contributed by atoms with Gasteiger partial charge < -0.3 is 24.5 Å². The van der Waals surface area contributed by atoms with Gasteiger partial charge in [0.15, 0.2) is 0 Å². The van der Waals surface area contributed by atoms with Crippen LogP contribution in [0.1, 0.15) is 119 Å². The fourth-order valence-corrected chi connectivity index (χ4v) is 5.15. The summed E-state index contributed by atoms with van der Waals surface area (Å²) in [7, 11) is 0. The molecule has 0 bridgehead atoms. The number of aromatic hydroxyl groups is 1. The number of unbranched alkanes of at least 4 members (excludes halogenated alkanes) is 2. The fourth-order valence-electron chi connectivity index (χ4n) is 5.15. The lowest BCUT2D eigenvalue weighted by molar-refractivity contribution is 0.0509. The van der Waals surface area contributed by atoms with Crippen LogP contribution in [0.15, 0.2) is 24.3 Å². The van der Waals surface area contributed by atoms with Crippen LogP contribution in [0.4, 0.5) is 0 Å². The van der Waals surface area contributed by atoms with Crippen LogP contribution in [-0.2, 0) is 22.3 Å². The van der Waals surface area contributed by atoms with E-state index in [-0.39, 0.29) is 36.8 Å². The molecule has 0 amide bonds. The number of aromatic amines is 2. The van der Waals surface area contributed by atoms with E-state index in [0.29, 0.717) is 11.4 Å². The van der Waals surface area contributed by atoms with Crippen LogP contribution in [0.3, 0.4) is 0 Å². The quantitative estimate of drug-likeness (QED) is 0.212. The Balaban J connectivity index is 2.30. The van der Waals surface area contributed by atoms with E-state index in [1.54, 1.807) is 26.0 Å². The van der Waals surface area contributed by atoms with Crippen molar-refractivity contribution in [2.24, 2.45) is 0 Å². The summed E-state index contributed by atoms with van der Waals surface area (Å²) in [6.45, 7) is 12.5. The molecule has 38 heavy (non-hydrogen) atoms. The third-order valence-electron chi connectivity index (χ3n) is 7.14. The van der Waals surface area contributed by atoms with Gasteiger partial charge in [-0.25, -0.2) is 9.59 Å². The number of ether oxygens (including phenoxy) is 2. The minimum Gasteiger partial charge on any atom is -0.508 e. The van der Waals surface area contributed by atoms with Gasteiger partial charge in [0.1, 0.15) is 17.1 Å². The molecule has 0 aliphatic heterocycles. The van der Waals surface area contributed by atoms with Crippen molar-refractivity contribution in [3.8, 4) is 5.75 Å².